The largest absolute Gasteiger partial charge is 0.309 e. The third-order valence-corrected chi connectivity index (χ3v) is 10.1. The lowest BCUT2D eigenvalue weighted by Gasteiger charge is -2.21. The minimum absolute atomic E-state index is 0.0646. The lowest BCUT2D eigenvalue weighted by molar-refractivity contribution is -0.123. The first-order chi connectivity index (χ1) is 14.9. The predicted molar refractivity (Wildman–Crippen MR) is 135 cm³/mol. The molecule has 6 heteroatoms. The molecule has 4 nitrogen and oxygen atoms in total. The van der Waals surface area contributed by atoms with Gasteiger partial charge in [-0.3, -0.25) is 9.59 Å². The molecule has 0 aromatic carbocycles. The topological polar surface area (TPSA) is 40.6 Å². The highest BCUT2D eigenvalue weighted by Gasteiger charge is 2.47. The van der Waals surface area contributed by atoms with Crippen LogP contribution in [0.3, 0.4) is 0 Å². The Morgan fingerprint density at radius 1 is 0.688 bits per heavy atom. The Labute approximate surface area is 199 Å². The van der Waals surface area contributed by atoms with E-state index in [1.165, 1.54) is 9.75 Å². The van der Waals surface area contributed by atoms with E-state index >= 15 is 0 Å². The maximum absolute atomic E-state index is 13.4. The van der Waals surface area contributed by atoms with Crippen molar-refractivity contribution in [3.8, 4) is 0 Å². The van der Waals surface area contributed by atoms with Crippen molar-refractivity contribution < 1.29 is 9.59 Å². The summed E-state index contributed by atoms with van der Waals surface area (Å²) in [5.41, 5.74) is 2.70. The average molecular weight is 469 g/mol. The quantitative estimate of drug-likeness (QED) is 0.503. The molecule has 170 valence electrons. The summed E-state index contributed by atoms with van der Waals surface area (Å²) < 4.78 is 0. The predicted octanol–water partition coefficient (Wildman–Crippen LogP) is 6.25. The van der Waals surface area contributed by atoms with Gasteiger partial charge in [-0.15, -0.1) is 22.7 Å². The molecule has 0 unspecified atom stereocenters. The van der Waals surface area contributed by atoms with Gasteiger partial charge in [0.05, 0.1) is 32.3 Å². The van der Waals surface area contributed by atoms with Gasteiger partial charge in [-0.1, -0.05) is 41.5 Å². The van der Waals surface area contributed by atoms with Crippen molar-refractivity contribution in [3.63, 3.8) is 0 Å². The van der Waals surface area contributed by atoms with Gasteiger partial charge in [0.2, 0.25) is 0 Å². The molecule has 2 aromatic heterocycles. The zero-order valence-electron chi connectivity index (χ0n) is 20.3. The fourth-order valence-electron chi connectivity index (χ4n) is 4.11. The number of hydrogen-bond acceptors (Lipinski definition) is 4. The van der Waals surface area contributed by atoms with Gasteiger partial charge < -0.3 is 9.80 Å². The molecular formula is C26H32N2O2S2. The molecule has 0 radical (unpaired) electrons. The number of fused-ring (bicyclic) bond motifs is 1. The SMILES string of the molecule is CCC(C)(C)c1ccc(C2=C3C(=O)N(C)C(c4ccc(C(C)(C)CC)s4)=C3C(=O)N2C)s1. The number of rotatable bonds is 6. The minimum Gasteiger partial charge on any atom is -0.309 e. The van der Waals surface area contributed by atoms with Crippen LogP contribution in [-0.2, 0) is 20.4 Å². The van der Waals surface area contributed by atoms with Crippen LogP contribution in [0.15, 0.2) is 35.4 Å². The number of thiophene rings is 2. The lowest BCUT2D eigenvalue weighted by atomic mass is 9.89. The fourth-order valence-corrected chi connectivity index (χ4v) is 6.64. The smallest absolute Gasteiger partial charge is 0.261 e. The fraction of sp³-hybridized carbons (Fsp3) is 0.462. The standard InChI is InChI=1S/C26H32N2O2S2/c1-9-25(3,4)17-13-11-15(31-17)21-19-20(24(30)27(21)7)22(28(8)23(19)29)16-12-14-18(32-16)26(5,6)10-2/h11-14H,9-10H2,1-8H3. The van der Waals surface area contributed by atoms with Crippen LogP contribution in [0, 0.1) is 0 Å². The summed E-state index contributed by atoms with van der Waals surface area (Å²) in [7, 11) is 3.57. The van der Waals surface area contributed by atoms with E-state index in [1.54, 1.807) is 46.6 Å². The molecule has 2 amide bonds. The Hall–Kier alpha value is -2.18. The van der Waals surface area contributed by atoms with Crippen molar-refractivity contribution in [2.45, 2.75) is 65.2 Å². The first-order valence-corrected chi connectivity index (χ1v) is 12.8. The van der Waals surface area contributed by atoms with Gasteiger partial charge in [-0.25, -0.2) is 0 Å². The highest BCUT2D eigenvalue weighted by Crippen LogP contribution is 2.49. The van der Waals surface area contributed by atoms with Crippen molar-refractivity contribution in [3.05, 3.63) is 54.9 Å². The molecule has 4 heterocycles. The van der Waals surface area contributed by atoms with E-state index in [4.69, 9.17) is 0 Å². The molecule has 0 spiro atoms. The second kappa shape index (κ2) is 7.70. The van der Waals surface area contributed by atoms with Crippen molar-refractivity contribution in [2.75, 3.05) is 14.1 Å². The zero-order valence-corrected chi connectivity index (χ0v) is 21.9. The zero-order chi connectivity index (χ0) is 23.6. The van der Waals surface area contributed by atoms with E-state index in [2.05, 4.69) is 65.8 Å². The van der Waals surface area contributed by atoms with Crippen LogP contribution in [0.2, 0.25) is 0 Å². The second-order valence-corrected chi connectivity index (χ2v) is 12.1. The summed E-state index contributed by atoms with van der Waals surface area (Å²) in [6, 6.07) is 8.40. The molecule has 0 N–H and O–H groups in total. The van der Waals surface area contributed by atoms with E-state index in [-0.39, 0.29) is 22.6 Å². The van der Waals surface area contributed by atoms with Gasteiger partial charge in [0, 0.05) is 23.8 Å². The summed E-state index contributed by atoms with van der Waals surface area (Å²) in [6.07, 6.45) is 2.05. The number of hydrogen-bond donors (Lipinski definition) is 0. The second-order valence-electron chi connectivity index (χ2n) is 9.98. The highest BCUT2D eigenvalue weighted by molar-refractivity contribution is 7.13. The number of likely N-dealkylation sites (N-methyl/N-ethyl adjacent to an activating group) is 2. The van der Waals surface area contributed by atoms with Crippen LogP contribution in [0.4, 0.5) is 0 Å². The van der Waals surface area contributed by atoms with Gasteiger partial charge >= 0.3 is 0 Å². The van der Waals surface area contributed by atoms with Crippen LogP contribution < -0.4 is 0 Å². The van der Waals surface area contributed by atoms with Crippen LogP contribution in [0.1, 0.15) is 73.9 Å². The molecule has 0 fully saturated rings. The van der Waals surface area contributed by atoms with Crippen molar-refractivity contribution >= 4 is 45.9 Å². The number of amides is 2. The van der Waals surface area contributed by atoms with Crippen molar-refractivity contribution in [1.29, 1.82) is 0 Å². The summed E-state index contributed by atoms with van der Waals surface area (Å²) in [5, 5.41) is 0. The van der Waals surface area contributed by atoms with E-state index in [9.17, 15) is 9.59 Å². The van der Waals surface area contributed by atoms with E-state index in [0.717, 1.165) is 34.0 Å². The van der Waals surface area contributed by atoms with Crippen LogP contribution in [-0.4, -0.2) is 35.7 Å². The Kier molecular flexibility index (Phi) is 5.53. The Balaban J connectivity index is 1.87. The molecule has 0 atom stereocenters. The third kappa shape index (κ3) is 3.30. The maximum Gasteiger partial charge on any atom is 0.261 e. The van der Waals surface area contributed by atoms with Gasteiger partial charge in [-0.05, 0) is 47.9 Å². The number of nitrogens with zero attached hydrogens (tertiary/aromatic N) is 2. The molecule has 0 saturated heterocycles. The normalized spacial score (nSPS) is 17.4. The average Bonchev–Trinajstić information content (AvgIpc) is 3.52. The van der Waals surface area contributed by atoms with Gasteiger partial charge in [0.1, 0.15) is 0 Å². The Morgan fingerprint density at radius 3 is 1.34 bits per heavy atom. The molecule has 2 aromatic rings. The van der Waals surface area contributed by atoms with Crippen LogP contribution >= 0.6 is 22.7 Å². The van der Waals surface area contributed by atoms with Crippen molar-refractivity contribution in [1.82, 2.24) is 9.80 Å². The monoisotopic (exact) mass is 468 g/mol. The summed E-state index contributed by atoms with van der Waals surface area (Å²) in [5.74, 6) is -0.200. The van der Waals surface area contributed by atoms with Gasteiger partial charge in [0.15, 0.2) is 0 Å². The van der Waals surface area contributed by atoms with E-state index in [0.29, 0.717) is 11.1 Å². The van der Waals surface area contributed by atoms with Gasteiger partial charge in [-0.2, -0.15) is 0 Å². The molecule has 2 aliphatic rings. The molecule has 2 aliphatic heterocycles. The summed E-state index contributed by atoms with van der Waals surface area (Å²) in [6.45, 7) is 13.3. The lowest BCUT2D eigenvalue weighted by Crippen LogP contribution is -2.24. The Morgan fingerprint density at radius 2 is 1.03 bits per heavy atom. The van der Waals surface area contributed by atoms with Gasteiger partial charge in [0.25, 0.3) is 11.8 Å². The molecule has 0 bridgehead atoms. The van der Waals surface area contributed by atoms with E-state index in [1.807, 2.05) is 0 Å². The molecule has 0 saturated carbocycles. The third-order valence-electron chi connectivity index (χ3n) is 7.21. The first kappa shape index (κ1) is 23.0. The first-order valence-electron chi connectivity index (χ1n) is 11.2. The van der Waals surface area contributed by atoms with E-state index < -0.39 is 0 Å². The molecule has 4 rings (SSSR count). The van der Waals surface area contributed by atoms with Crippen LogP contribution in [0.5, 0.6) is 0 Å². The molecule has 32 heavy (non-hydrogen) atoms. The number of carbonyl (C=O) groups is 2. The Bertz CT molecular complexity index is 1080. The number of carbonyl (C=O) groups excluding carboxylic acids is 2. The highest BCUT2D eigenvalue weighted by atomic mass is 32.1. The summed E-state index contributed by atoms with van der Waals surface area (Å²) in [4.78, 5) is 34.7. The van der Waals surface area contributed by atoms with Crippen molar-refractivity contribution in [2.24, 2.45) is 0 Å². The molecular weight excluding hydrogens is 436 g/mol. The maximum atomic E-state index is 13.4. The van der Waals surface area contributed by atoms with Crippen LogP contribution in [0.25, 0.3) is 11.4 Å². The summed E-state index contributed by atoms with van der Waals surface area (Å²) >= 11 is 3.37. The minimum atomic E-state index is -0.0999. The molecule has 0 aliphatic carbocycles.